The van der Waals surface area contributed by atoms with Crippen molar-refractivity contribution in [3.8, 4) is 0 Å². The summed E-state index contributed by atoms with van der Waals surface area (Å²) in [6.45, 7) is 0.0428. The SMILES string of the molecule is CNS(=O)(=O)c1cccc(C(=O)OCc2nc3ccccc3s2)c1. The largest absolute Gasteiger partial charge is 0.455 e. The van der Waals surface area contributed by atoms with Crippen LogP contribution in [0.2, 0.25) is 0 Å². The number of carbonyl (C=O) groups excluding carboxylic acids is 1. The molecule has 0 saturated heterocycles. The van der Waals surface area contributed by atoms with Crippen molar-refractivity contribution in [2.24, 2.45) is 0 Å². The Balaban J connectivity index is 1.74. The lowest BCUT2D eigenvalue weighted by Crippen LogP contribution is -2.19. The van der Waals surface area contributed by atoms with E-state index >= 15 is 0 Å². The minimum absolute atomic E-state index is 0.0134. The van der Waals surface area contributed by atoms with Crippen LogP contribution in [0.1, 0.15) is 15.4 Å². The van der Waals surface area contributed by atoms with Crippen LogP contribution < -0.4 is 4.72 Å². The highest BCUT2D eigenvalue weighted by Crippen LogP contribution is 2.22. The Kier molecular flexibility index (Phi) is 4.61. The lowest BCUT2D eigenvalue weighted by atomic mass is 10.2. The van der Waals surface area contributed by atoms with E-state index in [1.807, 2.05) is 24.3 Å². The number of thiazole rings is 1. The Morgan fingerprint density at radius 1 is 1.21 bits per heavy atom. The summed E-state index contributed by atoms with van der Waals surface area (Å²) in [4.78, 5) is 16.5. The summed E-state index contributed by atoms with van der Waals surface area (Å²) in [7, 11) is -2.29. The fourth-order valence-corrected chi connectivity index (χ4v) is 3.76. The first-order valence-electron chi connectivity index (χ1n) is 7.05. The van der Waals surface area contributed by atoms with Gasteiger partial charge in [0.1, 0.15) is 11.6 Å². The summed E-state index contributed by atoms with van der Waals surface area (Å²) in [5.74, 6) is -0.595. The molecule has 1 heterocycles. The molecular formula is C16H14N2O4S2. The molecule has 24 heavy (non-hydrogen) atoms. The summed E-state index contributed by atoms with van der Waals surface area (Å²) in [6, 6.07) is 13.4. The number of nitrogens with one attached hydrogen (secondary N) is 1. The van der Waals surface area contributed by atoms with Crippen molar-refractivity contribution < 1.29 is 17.9 Å². The van der Waals surface area contributed by atoms with Crippen LogP contribution in [0, 0.1) is 0 Å². The number of aromatic nitrogens is 1. The summed E-state index contributed by atoms with van der Waals surface area (Å²) in [6.07, 6.45) is 0. The molecule has 1 aromatic heterocycles. The molecule has 0 aliphatic rings. The molecule has 0 aliphatic heterocycles. The highest BCUT2D eigenvalue weighted by Gasteiger charge is 2.15. The molecule has 1 N–H and O–H groups in total. The molecule has 2 aromatic carbocycles. The molecule has 3 aromatic rings. The monoisotopic (exact) mass is 362 g/mol. The van der Waals surface area contributed by atoms with Gasteiger partial charge in [-0.3, -0.25) is 0 Å². The van der Waals surface area contributed by atoms with Gasteiger partial charge in [0.15, 0.2) is 0 Å². The number of carbonyl (C=O) groups is 1. The van der Waals surface area contributed by atoms with Crippen LogP contribution >= 0.6 is 11.3 Å². The maximum absolute atomic E-state index is 12.1. The average molecular weight is 362 g/mol. The predicted octanol–water partition coefficient (Wildman–Crippen LogP) is 2.56. The zero-order chi connectivity index (χ0) is 17.2. The summed E-state index contributed by atoms with van der Waals surface area (Å²) in [5, 5.41) is 0.684. The lowest BCUT2D eigenvalue weighted by Gasteiger charge is -2.06. The van der Waals surface area contributed by atoms with Gasteiger partial charge in [-0.05, 0) is 37.4 Å². The van der Waals surface area contributed by atoms with Gasteiger partial charge in [-0.1, -0.05) is 18.2 Å². The van der Waals surface area contributed by atoms with E-state index in [0.29, 0.717) is 5.01 Å². The number of para-hydroxylation sites is 1. The molecule has 0 amide bonds. The van der Waals surface area contributed by atoms with Gasteiger partial charge in [-0.15, -0.1) is 11.3 Å². The Morgan fingerprint density at radius 2 is 2.00 bits per heavy atom. The van der Waals surface area contributed by atoms with Crippen molar-refractivity contribution in [1.29, 1.82) is 0 Å². The summed E-state index contributed by atoms with van der Waals surface area (Å²) < 4.78 is 32.0. The fraction of sp³-hybridized carbons (Fsp3) is 0.125. The number of ether oxygens (including phenoxy) is 1. The van der Waals surface area contributed by atoms with Gasteiger partial charge in [0.2, 0.25) is 10.0 Å². The Morgan fingerprint density at radius 3 is 2.75 bits per heavy atom. The number of esters is 1. The molecule has 0 aliphatic carbocycles. The zero-order valence-corrected chi connectivity index (χ0v) is 14.4. The van der Waals surface area contributed by atoms with Gasteiger partial charge < -0.3 is 4.74 Å². The third-order valence-electron chi connectivity index (χ3n) is 3.31. The Bertz CT molecular complexity index is 963. The van der Waals surface area contributed by atoms with Crippen LogP contribution in [0.15, 0.2) is 53.4 Å². The first kappa shape index (κ1) is 16.6. The molecule has 3 rings (SSSR count). The van der Waals surface area contributed by atoms with E-state index in [1.54, 1.807) is 0 Å². The second-order valence-corrected chi connectivity index (χ2v) is 7.89. The molecule has 0 unspecified atom stereocenters. The third-order valence-corrected chi connectivity index (χ3v) is 5.74. The molecule has 0 bridgehead atoms. The first-order valence-corrected chi connectivity index (χ1v) is 9.35. The van der Waals surface area contributed by atoms with Crippen molar-refractivity contribution in [2.45, 2.75) is 11.5 Å². The number of nitrogens with zero attached hydrogens (tertiary/aromatic N) is 1. The molecule has 0 atom stereocenters. The van der Waals surface area contributed by atoms with Gasteiger partial charge in [0.25, 0.3) is 0 Å². The van der Waals surface area contributed by atoms with Crippen LogP contribution in [-0.2, 0) is 21.4 Å². The minimum atomic E-state index is -3.61. The minimum Gasteiger partial charge on any atom is -0.455 e. The number of benzene rings is 2. The van der Waals surface area contributed by atoms with Crippen LogP contribution in [0.3, 0.4) is 0 Å². The van der Waals surface area contributed by atoms with Crippen LogP contribution in [-0.4, -0.2) is 26.4 Å². The molecule has 0 saturated carbocycles. The summed E-state index contributed by atoms with van der Waals surface area (Å²) >= 11 is 1.45. The van der Waals surface area contributed by atoms with Crippen molar-refractivity contribution in [2.75, 3.05) is 7.05 Å². The maximum Gasteiger partial charge on any atom is 0.338 e. The quantitative estimate of drug-likeness (QED) is 0.705. The molecule has 124 valence electrons. The maximum atomic E-state index is 12.1. The number of rotatable bonds is 5. The Hall–Kier alpha value is -2.29. The van der Waals surface area contributed by atoms with E-state index in [-0.39, 0.29) is 17.1 Å². The van der Waals surface area contributed by atoms with Crippen LogP contribution in [0.5, 0.6) is 0 Å². The molecule has 8 heteroatoms. The predicted molar refractivity (Wildman–Crippen MR) is 91.4 cm³/mol. The molecule has 0 spiro atoms. The molecule has 0 fully saturated rings. The molecule has 0 radical (unpaired) electrons. The van der Waals surface area contributed by atoms with E-state index in [4.69, 9.17) is 4.74 Å². The smallest absolute Gasteiger partial charge is 0.338 e. The van der Waals surface area contributed by atoms with Crippen LogP contribution in [0.25, 0.3) is 10.2 Å². The Labute approximate surface area is 143 Å². The normalized spacial score (nSPS) is 11.5. The van der Waals surface area contributed by atoms with E-state index < -0.39 is 16.0 Å². The lowest BCUT2D eigenvalue weighted by molar-refractivity contribution is 0.0472. The van der Waals surface area contributed by atoms with Gasteiger partial charge >= 0.3 is 5.97 Å². The highest BCUT2D eigenvalue weighted by atomic mass is 32.2. The number of fused-ring (bicyclic) bond motifs is 1. The number of sulfonamides is 1. The topological polar surface area (TPSA) is 85.4 Å². The van der Waals surface area contributed by atoms with E-state index in [2.05, 4.69) is 9.71 Å². The second kappa shape index (κ2) is 6.68. The average Bonchev–Trinajstić information content (AvgIpc) is 3.02. The van der Waals surface area contributed by atoms with Gasteiger partial charge in [-0.2, -0.15) is 0 Å². The molecular weight excluding hydrogens is 348 g/mol. The van der Waals surface area contributed by atoms with Crippen molar-refractivity contribution in [1.82, 2.24) is 9.71 Å². The van der Waals surface area contributed by atoms with E-state index in [0.717, 1.165) is 10.2 Å². The van der Waals surface area contributed by atoms with Gasteiger partial charge in [-0.25, -0.2) is 22.9 Å². The van der Waals surface area contributed by atoms with Crippen molar-refractivity contribution in [3.63, 3.8) is 0 Å². The van der Waals surface area contributed by atoms with Gasteiger partial charge in [0, 0.05) is 0 Å². The number of hydrogen-bond acceptors (Lipinski definition) is 6. The second-order valence-electron chi connectivity index (χ2n) is 4.89. The molecule has 6 nitrogen and oxygen atoms in total. The van der Waals surface area contributed by atoms with Crippen molar-refractivity contribution in [3.05, 3.63) is 59.1 Å². The first-order chi connectivity index (χ1) is 11.5. The van der Waals surface area contributed by atoms with Gasteiger partial charge in [0.05, 0.1) is 20.7 Å². The zero-order valence-electron chi connectivity index (χ0n) is 12.7. The van der Waals surface area contributed by atoms with Crippen molar-refractivity contribution >= 4 is 37.5 Å². The van der Waals surface area contributed by atoms with E-state index in [1.165, 1.54) is 42.6 Å². The van der Waals surface area contributed by atoms with E-state index in [9.17, 15) is 13.2 Å². The number of hydrogen-bond donors (Lipinski definition) is 1. The standard InChI is InChI=1S/C16H14N2O4S2/c1-17-24(20,21)12-6-4-5-11(9-12)16(19)22-10-15-18-13-7-2-3-8-14(13)23-15/h2-9,17H,10H2,1H3. The third kappa shape index (κ3) is 3.45. The fourth-order valence-electron chi connectivity index (χ4n) is 2.10. The van der Waals surface area contributed by atoms with Crippen LogP contribution in [0.4, 0.5) is 0 Å². The highest BCUT2D eigenvalue weighted by molar-refractivity contribution is 7.89. The summed E-state index contributed by atoms with van der Waals surface area (Å²) in [5.41, 5.74) is 1.03.